The average Bonchev–Trinajstić information content (AvgIpc) is 2.70. The van der Waals surface area contributed by atoms with Crippen LogP contribution in [0.3, 0.4) is 0 Å². The lowest BCUT2D eigenvalue weighted by Crippen LogP contribution is -2.57. The summed E-state index contributed by atoms with van der Waals surface area (Å²) in [5.41, 5.74) is 5.25. The lowest BCUT2D eigenvalue weighted by Gasteiger charge is -2.27. The molecule has 0 saturated heterocycles. The Morgan fingerprint density at radius 2 is 1.29 bits per heavy atom. The molecule has 0 spiro atoms. The summed E-state index contributed by atoms with van der Waals surface area (Å²) in [6.07, 6.45) is -1.29. The Bertz CT molecular complexity index is 683. The topological polar surface area (TPSA) is 225 Å². The molecule has 3 amide bonds. The summed E-state index contributed by atoms with van der Waals surface area (Å²) in [5.74, 6) is -6.69. The Balaban J connectivity index is 5.49. The molecule has 8 N–H and O–H groups in total. The van der Waals surface area contributed by atoms with Crippen LogP contribution in [0.5, 0.6) is 0 Å². The minimum absolute atomic E-state index is 0.346. The van der Waals surface area contributed by atoms with Crippen LogP contribution >= 0.6 is 0 Å². The monoisotopic (exact) mass is 446 g/mol. The summed E-state index contributed by atoms with van der Waals surface area (Å²) in [4.78, 5) is 69.8. The van der Waals surface area contributed by atoms with Crippen molar-refractivity contribution in [2.24, 2.45) is 11.7 Å². The highest BCUT2D eigenvalue weighted by atomic mass is 16.4. The summed E-state index contributed by atoms with van der Waals surface area (Å²) in [7, 11) is 0. The molecule has 0 fully saturated rings. The van der Waals surface area contributed by atoms with E-state index in [2.05, 4.69) is 16.0 Å². The van der Waals surface area contributed by atoms with Gasteiger partial charge in [-0.1, -0.05) is 20.3 Å². The lowest BCUT2D eigenvalue weighted by atomic mass is 9.97. The van der Waals surface area contributed by atoms with Gasteiger partial charge in [-0.05, 0) is 18.8 Å². The number of nitrogens with one attached hydrogen (secondary N) is 3. The maximum Gasteiger partial charge on any atom is 0.326 e. The number of carbonyl (C=O) groups is 6. The van der Waals surface area contributed by atoms with Gasteiger partial charge >= 0.3 is 17.9 Å². The van der Waals surface area contributed by atoms with Crippen LogP contribution in [0.25, 0.3) is 0 Å². The first-order chi connectivity index (χ1) is 14.4. The number of hydrogen-bond donors (Lipinski definition) is 7. The fraction of sp³-hybridized carbons (Fsp3) is 0.667. The zero-order valence-electron chi connectivity index (χ0n) is 17.4. The zero-order chi connectivity index (χ0) is 24.1. The largest absolute Gasteiger partial charge is 0.481 e. The van der Waals surface area contributed by atoms with Gasteiger partial charge < -0.3 is 37.0 Å². The van der Waals surface area contributed by atoms with Gasteiger partial charge in [0.25, 0.3) is 0 Å². The van der Waals surface area contributed by atoms with Crippen LogP contribution in [0.2, 0.25) is 0 Å². The van der Waals surface area contributed by atoms with Crippen LogP contribution < -0.4 is 21.7 Å². The van der Waals surface area contributed by atoms with E-state index in [-0.39, 0.29) is 18.9 Å². The van der Waals surface area contributed by atoms with Crippen LogP contribution in [0.1, 0.15) is 46.0 Å². The average molecular weight is 446 g/mol. The molecule has 4 unspecified atom stereocenters. The van der Waals surface area contributed by atoms with Crippen LogP contribution in [-0.2, 0) is 28.8 Å². The number of aliphatic carboxylic acids is 3. The van der Waals surface area contributed by atoms with Crippen LogP contribution in [0.4, 0.5) is 0 Å². The maximum atomic E-state index is 12.7. The smallest absolute Gasteiger partial charge is 0.326 e. The fourth-order valence-corrected chi connectivity index (χ4v) is 2.53. The van der Waals surface area contributed by atoms with E-state index < -0.39 is 73.0 Å². The van der Waals surface area contributed by atoms with E-state index >= 15 is 0 Å². The van der Waals surface area contributed by atoms with Gasteiger partial charge in [-0.25, -0.2) is 4.79 Å². The minimum Gasteiger partial charge on any atom is -0.481 e. The number of carboxylic acid groups (broad SMARTS) is 3. The highest BCUT2D eigenvalue weighted by Crippen LogP contribution is 2.10. The molecular formula is C18H30N4O9. The summed E-state index contributed by atoms with van der Waals surface area (Å²) in [6, 6.07) is -4.02. The Hall–Kier alpha value is -3.22. The van der Waals surface area contributed by atoms with Crippen LogP contribution in [0, 0.1) is 5.92 Å². The molecule has 31 heavy (non-hydrogen) atoms. The minimum atomic E-state index is -1.55. The summed E-state index contributed by atoms with van der Waals surface area (Å²) in [5, 5.41) is 33.7. The highest BCUT2D eigenvalue weighted by molar-refractivity contribution is 5.94. The second kappa shape index (κ2) is 13.9. The molecule has 0 aromatic heterocycles. The number of hydrogen-bond acceptors (Lipinski definition) is 7. The zero-order valence-corrected chi connectivity index (χ0v) is 17.4. The third-order valence-corrected chi connectivity index (χ3v) is 4.54. The van der Waals surface area contributed by atoms with Gasteiger partial charge in [0.15, 0.2) is 0 Å². The van der Waals surface area contributed by atoms with E-state index in [0.29, 0.717) is 6.42 Å². The molecule has 0 aliphatic carbocycles. The summed E-state index contributed by atoms with van der Waals surface area (Å²) < 4.78 is 0. The molecule has 176 valence electrons. The Labute approximate surface area is 178 Å². The predicted molar refractivity (Wildman–Crippen MR) is 106 cm³/mol. The molecule has 0 heterocycles. The van der Waals surface area contributed by atoms with Gasteiger partial charge in [0.05, 0.1) is 6.54 Å². The van der Waals surface area contributed by atoms with Gasteiger partial charge in [-0.3, -0.25) is 24.0 Å². The molecule has 0 aliphatic rings. The molecule has 0 aromatic rings. The van der Waals surface area contributed by atoms with Crippen LogP contribution in [0.15, 0.2) is 0 Å². The van der Waals surface area contributed by atoms with E-state index in [4.69, 9.17) is 15.9 Å². The third kappa shape index (κ3) is 10.9. The number of carboxylic acids is 3. The Morgan fingerprint density at radius 3 is 1.71 bits per heavy atom. The van der Waals surface area contributed by atoms with Crippen molar-refractivity contribution in [3.05, 3.63) is 0 Å². The molecule has 0 bridgehead atoms. The number of amides is 3. The third-order valence-electron chi connectivity index (χ3n) is 4.54. The van der Waals surface area contributed by atoms with Crippen molar-refractivity contribution < 1.29 is 44.1 Å². The van der Waals surface area contributed by atoms with Crippen molar-refractivity contribution in [1.29, 1.82) is 0 Å². The van der Waals surface area contributed by atoms with Gasteiger partial charge in [0, 0.05) is 12.8 Å². The molecule has 13 heteroatoms. The number of carbonyl (C=O) groups excluding carboxylic acids is 3. The van der Waals surface area contributed by atoms with Crippen molar-refractivity contribution >= 4 is 35.6 Å². The van der Waals surface area contributed by atoms with E-state index in [1.807, 2.05) is 0 Å². The quantitative estimate of drug-likeness (QED) is 0.150. The van der Waals surface area contributed by atoms with Gasteiger partial charge in [-0.2, -0.15) is 0 Å². The molecule has 0 saturated carbocycles. The lowest BCUT2D eigenvalue weighted by molar-refractivity contribution is -0.144. The van der Waals surface area contributed by atoms with Crippen molar-refractivity contribution in [3.8, 4) is 0 Å². The molecule has 0 aromatic carbocycles. The SMILES string of the molecule is CCC(C)C(NC(=O)CN)C(=O)NC(CCC(=O)O)C(=O)NC(CCC(=O)O)C(=O)O. The van der Waals surface area contributed by atoms with Gasteiger partial charge in [0.2, 0.25) is 17.7 Å². The highest BCUT2D eigenvalue weighted by Gasteiger charge is 2.31. The molecule has 0 aliphatic heterocycles. The first kappa shape index (κ1) is 27.8. The first-order valence-electron chi connectivity index (χ1n) is 9.69. The van der Waals surface area contributed by atoms with E-state index in [1.54, 1.807) is 13.8 Å². The van der Waals surface area contributed by atoms with Gasteiger partial charge in [-0.15, -0.1) is 0 Å². The Morgan fingerprint density at radius 1 is 0.806 bits per heavy atom. The number of rotatable bonds is 15. The standard InChI is InChI=1S/C18H30N4O9/c1-3-9(2)15(22-12(23)8-19)17(29)20-10(4-6-13(24)25)16(28)21-11(18(30)31)5-7-14(26)27/h9-11,15H,3-8,19H2,1-2H3,(H,20,29)(H,21,28)(H,22,23)(H,24,25)(H,26,27)(H,30,31). The maximum absolute atomic E-state index is 12.7. The molecular weight excluding hydrogens is 416 g/mol. The van der Waals surface area contributed by atoms with Crippen molar-refractivity contribution in [1.82, 2.24) is 16.0 Å². The molecule has 13 nitrogen and oxygen atoms in total. The van der Waals surface area contributed by atoms with E-state index in [9.17, 15) is 33.9 Å². The van der Waals surface area contributed by atoms with E-state index in [0.717, 1.165) is 0 Å². The number of nitrogens with two attached hydrogens (primary N) is 1. The normalized spacial score (nSPS) is 14.4. The predicted octanol–water partition coefficient (Wildman–Crippen LogP) is -1.74. The second-order valence-electron chi connectivity index (χ2n) is 6.96. The molecule has 0 rings (SSSR count). The van der Waals surface area contributed by atoms with E-state index in [1.165, 1.54) is 0 Å². The summed E-state index contributed by atoms with van der Waals surface area (Å²) in [6.45, 7) is 3.08. The molecule has 4 atom stereocenters. The summed E-state index contributed by atoms with van der Waals surface area (Å²) >= 11 is 0. The van der Waals surface area contributed by atoms with Gasteiger partial charge in [0.1, 0.15) is 18.1 Å². The van der Waals surface area contributed by atoms with Crippen LogP contribution in [-0.4, -0.2) is 75.6 Å². The molecule has 0 radical (unpaired) electrons. The van der Waals surface area contributed by atoms with Crippen molar-refractivity contribution in [2.45, 2.75) is 64.1 Å². The first-order valence-corrected chi connectivity index (χ1v) is 9.69. The van der Waals surface area contributed by atoms with Crippen molar-refractivity contribution in [2.75, 3.05) is 6.54 Å². The Kier molecular flexibility index (Phi) is 12.5. The fourth-order valence-electron chi connectivity index (χ4n) is 2.53. The van der Waals surface area contributed by atoms with Crippen molar-refractivity contribution in [3.63, 3.8) is 0 Å². The second-order valence-corrected chi connectivity index (χ2v) is 6.96.